The van der Waals surface area contributed by atoms with E-state index in [4.69, 9.17) is 15.9 Å². The maximum atomic E-state index is 13.1. The summed E-state index contributed by atoms with van der Waals surface area (Å²) in [7, 11) is 0. The number of aromatic nitrogens is 1. The minimum Gasteiger partial charge on any atom is -0.477 e. The van der Waals surface area contributed by atoms with Gasteiger partial charge in [0.15, 0.2) is 5.43 Å². The maximum absolute atomic E-state index is 13.1. The van der Waals surface area contributed by atoms with E-state index >= 15 is 0 Å². The zero-order valence-electron chi connectivity index (χ0n) is 14.4. The van der Waals surface area contributed by atoms with Crippen molar-refractivity contribution in [1.29, 1.82) is 0 Å². The molecule has 0 saturated carbocycles. The fourth-order valence-corrected chi connectivity index (χ4v) is 2.34. The van der Waals surface area contributed by atoms with Crippen LogP contribution in [0, 0.1) is 5.82 Å². The molecule has 1 aromatic heterocycles. The van der Waals surface area contributed by atoms with Crippen molar-refractivity contribution in [3.63, 3.8) is 0 Å². The molecule has 0 bridgehead atoms. The highest BCUT2D eigenvalue weighted by molar-refractivity contribution is 5.87. The van der Waals surface area contributed by atoms with Crippen LogP contribution in [0.4, 0.5) is 4.39 Å². The number of carboxylic acids is 1. The molecule has 2 aromatic carbocycles. The molecule has 1 heterocycles. The quantitative estimate of drug-likeness (QED) is 0.653. The van der Waals surface area contributed by atoms with Crippen LogP contribution in [0.25, 0.3) is 16.9 Å². The second kappa shape index (κ2) is 9.42. The van der Waals surface area contributed by atoms with Crippen molar-refractivity contribution in [3.8, 4) is 16.9 Å². The van der Waals surface area contributed by atoms with Gasteiger partial charge in [-0.1, -0.05) is 30.3 Å². The van der Waals surface area contributed by atoms with Gasteiger partial charge in [-0.3, -0.25) is 4.79 Å². The molecule has 0 amide bonds. The van der Waals surface area contributed by atoms with Crippen LogP contribution >= 0.6 is 0 Å². The van der Waals surface area contributed by atoms with Gasteiger partial charge in [0.25, 0.3) is 0 Å². The number of rotatable bonds is 4. The Hall–Kier alpha value is -3.29. The molecular weight excluding hydrogens is 351 g/mol. The third kappa shape index (κ3) is 5.10. The summed E-state index contributed by atoms with van der Waals surface area (Å²) in [5, 5.41) is 16.9. The van der Waals surface area contributed by atoms with E-state index < -0.39 is 17.2 Å². The van der Waals surface area contributed by atoms with Gasteiger partial charge in [0.05, 0.1) is 12.3 Å². The Morgan fingerprint density at radius 2 is 1.67 bits per heavy atom. The Morgan fingerprint density at radius 3 is 2.19 bits per heavy atom. The highest BCUT2D eigenvalue weighted by Crippen LogP contribution is 2.22. The van der Waals surface area contributed by atoms with Crippen molar-refractivity contribution in [2.45, 2.75) is 0 Å². The molecule has 3 rings (SSSR count). The van der Waals surface area contributed by atoms with Crippen LogP contribution in [0.5, 0.6) is 0 Å². The number of hydrogen-bond acceptors (Lipinski definition) is 4. The van der Waals surface area contributed by atoms with Crippen LogP contribution in [0.3, 0.4) is 0 Å². The van der Waals surface area contributed by atoms with Gasteiger partial charge in [0.2, 0.25) is 0 Å². The molecule has 0 spiro atoms. The number of aliphatic hydroxyl groups is 1. The number of halogens is 1. The minimum absolute atomic E-state index is 0.0972. The van der Waals surface area contributed by atoms with Crippen molar-refractivity contribution < 1.29 is 19.4 Å². The van der Waals surface area contributed by atoms with E-state index in [0.29, 0.717) is 17.9 Å². The zero-order chi connectivity index (χ0) is 19.8. The van der Waals surface area contributed by atoms with E-state index in [9.17, 15) is 14.0 Å². The number of hydrogen-bond donors (Lipinski definition) is 3. The van der Waals surface area contributed by atoms with E-state index in [-0.39, 0.29) is 12.2 Å². The van der Waals surface area contributed by atoms with Gasteiger partial charge < -0.3 is 20.5 Å². The summed E-state index contributed by atoms with van der Waals surface area (Å²) in [6, 6.07) is 16.0. The lowest BCUT2D eigenvalue weighted by Crippen LogP contribution is -2.18. The summed E-state index contributed by atoms with van der Waals surface area (Å²) >= 11 is 0. The SMILES string of the molecule is NCCO.O=C(O)c1cn(-c2ccc(F)cc2)c(-c2ccccc2)cc1=O. The van der Waals surface area contributed by atoms with Crippen molar-refractivity contribution in [2.75, 3.05) is 13.2 Å². The lowest BCUT2D eigenvalue weighted by atomic mass is 10.1. The van der Waals surface area contributed by atoms with E-state index in [1.165, 1.54) is 36.5 Å². The first kappa shape index (κ1) is 20.0. The topological polar surface area (TPSA) is 106 Å². The first-order valence-electron chi connectivity index (χ1n) is 8.10. The van der Waals surface area contributed by atoms with Gasteiger partial charge in [0, 0.05) is 24.5 Å². The standard InChI is InChI=1S/C18H12FNO3.C2H7NO/c19-13-6-8-14(9-7-13)20-11-15(18(22)23)17(21)10-16(20)12-4-2-1-3-5-12;3-1-2-4/h1-11H,(H,22,23);4H,1-3H2. The van der Waals surface area contributed by atoms with Crippen LogP contribution in [0.1, 0.15) is 10.4 Å². The molecule has 0 saturated heterocycles. The first-order valence-corrected chi connectivity index (χ1v) is 8.10. The van der Waals surface area contributed by atoms with Gasteiger partial charge in [-0.15, -0.1) is 0 Å². The van der Waals surface area contributed by atoms with Gasteiger partial charge in [-0.25, -0.2) is 9.18 Å². The number of benzene rings is 2. The molecule has 4 N–H and O–H groups in total. The molecule has 140 valence electrons. The molecule has 0 aliphatic carbocycles. The molecule has 7 heteroatoms. The van der Waals surface area contributed by atoms with E-state index in [2.05, 4.69) is 0 Å². The molecule has 6 nitrogen and oxygen atoms in total. The number of nitrogens with zero attached hydrogens (tertiary/aromatic N) is 1. The average molecular weight is 370 g/mol. The molecule has 0 radical (unpaired) electrons. The van der Waals surface area contributed by atoms with E-state index in [1.54, 1.807) is 4.57 Å². The predicted octanol–water partition coefficient (Wildman–Crippen LogP) is 2.28. The van der Waals surface area contributed by atoms with Gasteiger partial charge in [-0.2, -0.15) is 0 Å². The zero-order valence-corrected chi connectivity index (χ0v) is 14.4. The number of nitrogens with two attached hydrogens (primary N) is 1. The van der Waals surface area contributed by atoms with Crippen LogP contribution in [-0.4, -0.2) is 33.9 Å². The second-order valence-electron chi connectivity index (χ2n) is 5.47. The second-order valence-corrected chi connectivity index (χ2v) is 5.47. The molecular formula is C20H19FN2O4. The van der Waals surface area contributed by atoms with Crippen LogP contribution in [-0.2, 0) is 0 Å². The van der Waals surface area contributed by atoms with Gasteiger partial charge >= 0.3 is 5.97 Å². The fourth-order valence-electron chi connectivity index (χ4n) is 2.34. The normalized spacial score (nSPS) is 10.0. The Balaban J connectivity index is 0.000000596. The minimum atomic E-state index is -1.30. The summed E-state index contributed by atoms with van der Waals surface area (Å²) in [5.74, 6) is -1.69. The smallest absolute Gasteiger partial charge is 0.341 e. The molecule has 3 aromatic rings. The molecule has 0 aliphatic heterocycles. The monoisotopic (exact) mass is 370 g/mol. The van der Waals surface area contributed by atoms with Gasteiger partial charge in [0.1, 0.15) is 11.4 Å². The summed E-state index contributed by atoms with van der Waals surface area (Å²) in [5.41, 5.74) is 5.72. The van der Waals surface area contributed by atoms with Crippen molar-refractivity contribution in [3.05, 3.63) is 88.5 Å². The number of pyridine rings is 1. The number of carbonyl (C=O) groups is 1. The Bertz CT molecular complexity index is 952. The van der Waals surface area contributed by atoms with Crippen molar-refractivity contribution in [2.24, 2.45) is 5.73 Å². The van der Waals surface area contributed by atoms with E-state index in [1.807, 2.05) is 30.3 Å². The van der Waals surface area contributed by atoms with Gasteiger partial charge in [-0.05, 0) is 29.8 Å². The Kier molecular flexibility index (Phi) is 6.99. The highest BCUT2D eigenvalue weighted by atomic mass is 19.1. The summed E-state index contributed by atoms with van der Waals surface area (Å²) < 4.78 is 14.7. The molecule has 0 fully saturated rings. The third-order valence-corrected chi connectivity index (χ3v) is 3.58. The molecule has 0 unspecified atom stereocenters. The highest BCUT2D eigenvalue weighted by Gasteiger charge is 2.14. The van der Waals surface area contributed by atoms with Crippen molar-refractivity contribution >= 4 is 5.97 Å². The summed E-state index contributed by atoms with van der Waals surface area (Å²) in [6.07, 6.45) is 1.26. The average Bonchev–Trinajstić information content (AvgIpc) is 2.69. The summed E-state index contributed by atoms with van der Waals surface area (Å²) in [6.45, 7) is 0.472. The fraction of sp³-hybridized carbons (Fsp3) is 0.100. The first-order chi connectivity index (χ1) is 13.0. The predicted molar refractivity (Wildman–Crippen MR) is 101 cm³/mol. The Labute approximate surface area is 154 Å². The third-order valence-electron chi connectivity index (χ3n) is 3.58. The van der Waals surface area contributed by atoms with Crippen molar-refractivity contribution in [1.82, 2.24) is 4.57 Å². The lowest BCUT2D eigenvalue weighted by Gasteiger charge is -2.14. The van der Waals surface area contributed by atoms with E-state index in [0.717, 1.165) is 5.56 Å². The maximum Gasteiger partial charge on any atom is 0.341 e. The number of aromatic carboxylic acids is 1. The van der Waals surface area contributed by atoms with Crippen LogP contribution in [0.15, 0.2) is 71.7 Å². The summed E-state index contributed by atoms with van der Waals surface area (Å²) in [4.78, 5) is 23.3. The lowest BCUT2D eigenvalue weighted by molar-refractivity contribution is 0.0695. The Morgan fingerprint density at radius 1 is 1.07 bits per heavy atom. The largest absolute Gasteiger partial charge is 0.477 e. The molecule has 0 aliphatic rings. The number of carboxylic acid groups (broad SMARTS) is 1. The van der Waals surface area contributed by atoms with Crippen LogP contribution < -0.4 is 11.2 Å². The molecule has 27 heavy (non-hydrogen) atoms. The van der Waals surface area contributed by atoms with Crippen LogP contribution in [0.2, 0.25) is 0 Å². The molecule has 0 atom stereocenters. The number of aliphatic hydroxyl groups excluding tert-OH is 1.